The Morgan fingerprint density at radius 1 is 0.857 bits per heavy atom. The normalized spacial score (nSPS) is 21.0. The van der Waals surface area contributed by atoms with Gasteiger partial charge in [-0.1, -0.05) is 36.4 Å². The van der Waals surface area contributed by atoms with E-state index in [1.807, 2.05) is 29.2 Å². The number of carbonyl (C=O) groups excluding carboxylic acids is 3. The van der Waals surface area contributed by atoms with Crippen molar-refractivity contribution in [3.8, 4) is 0 Å². The Labute approximate surface area is 287 Å². The van der Waals surface area contributed by atoms with Crippen LogP contribution in [-0.4, -0.2) is 95.0 Å². The first-order valence-electron chi connectivity index (χ1n) is 17.9. The first-order valence-corrected chi connectivity index (χ1v) is 17.9. The van der Waals surface area contributed by atoms with Crippen molar-refractivity contribution in [3.63, 3.8) is 0 Å². The summed E-state index contributed by atoms with van der Waals surface area (Å²) in [6.45, 7) is 9.11. The summed E-state index contributed by atoms with van der Waals surface area (Å²) in [4.78, 5) is 48.3. The molecule has 4 aliphatic heterocycles. The number of urea groups is 2. The summed E-state index contributed by atoms with van der Waals surface area (Å²) in [5.74, 6) is 0.936. The molecule has 9 nitrogen and oxygen atoms in total. The van der Waals surface area contributed by atoms with E-state index in [-0.39, 0.29) is 24.4 Å². The number of alkyl halides is 3. The number of piperidine rings is 3. The van der Waals surface area contributed by atoms with Crippen LogP contribution < -0.4 is 10.6 Å². The summed E-state index contributed by atoms with van der Waals surface area (Å²) in [5, 5.41) is 5.87. The van der Waals surface area contributed by atoms with Gasteiger partial charge in [-0.3, -0.25) is 4.79 Å². The maximum Gasteiger partial charge on any atom is 0.416 e. The van der Waals surface area contributed by atoms with Crippen LogP contribution in [0.4, 0.5) is 28.4 Å². The number of amides is 5. The molecule has 2 N–H and O–H groups in total. The average molecular weight is 683 g/mol. The number of nitrogens with one attached hydrogen (secondary N) is 2. The van der Waals surface area contributed by atoms with Crippen molar-refractivity contribution in [2.24, 2.45) is 11.8 Å². The topological polar surface area (TPSA) is 88.2 Å². The molecule has 12 heteroatoms. The van der Waals surface area contributed by atoms with Gasteiger partial charge in [0.05, 0.1) is 5.56 Å². The lowest BCUT2D eigenvalue weighted by Crippen LogP contribution is -2.57. The van der Waals surface area contributed by atoms with Crippen LogP contribution >= 0.6 is 0 Å². The van der Waals surface area contributed by atoms with Crippen molar-refractivity contribution in [1.82, 2.24) is 24.9 Å². The number of rotatable bonds is 7. The van der Waals surface area contributed by atoms with Gasteiger partial charge in [0.15, 0.2) is 0 Å². The Morgan fingerprint density at radius 3 is 2.14 bits per heavy atom. The highest BCUT2D eigenvalue weighted by atomic mass is 19.4. The molecule has 2 aromatic rings. The second-order valence-electron chi connectivity index (χ2n) is 14.5. The minimum Gasteiger partial charge on any atom is -0.341 e. The highest BCUT2D eigenvalue weighted by Gasteiger charge is 2.37. The van der Waals surface area contributed by atoms with Crippen molar-refractivity contribution < 1.29 is 27.6 Å². The van der Waals surface area contributed by atoms with E-state index >= 15 is 0 Å². The minimum absolute atomic E-state index is 0.0358. The third kappa shape index (κ3) is 8.33. The van der Waals surface area contributed by atoms with E-state index in [4.69, 9.17) is 0 Å². The Kier molecular flexibility index (Phi) is 10.7. The summed E-state index contributed by atoms with van der Waals surface area (Å²) in [6.07, 6.45) is 0.733. The Hall–Kier alpha value is -3.80. The van der Waals surface area contributed by atoms with Gasteiger partial charge >= 0.3 is 18.2 Å². The number of fused-ring (bicyclic) bond motifs is 1. The summed E-state index contributed by atoms with van der Waals surface area (Å²) >= 11 is 0. The number of carbonyl (C=O) groups is 3. The molecule has 3 saturated heterocycles. The maximum absolute atomic E-state index is 14.0. The fourth-order valence-electron chi connectivity index (χ4n) is 8.17. The van der Waals surface area contributed by atoms with Crippen molar-refractivity contribution >= 4 is 23.7 Å². The van der Waals surface area contributed by atoms with Crippen molar-refractivity contribution in [3.05, 3.63) is 65.2 Å². The number of hydrogen-bond donors (Lipinski definition) is 2. The monoisotopic (exact) mass is 682 g/mol. The molecule has 1 atom stereocenters. The number of halogens is 3. The Balaban J connectivity index is 1.08. The van der Waals surface area contributed by atoms with Crippen molar-refractivity contribution in [2.45, 2.75) is 89.6 Å². The van der Waals surface area contributed by atoms with Gasteiger partial charge < -0.3 is 30.2 Å². The quantitative estimate of drug-likeness (QED) is 0.365. The molecule has 5 amide bonds. The number of nitrogens with zero attached hydrogens (tertiary/aromatic N) is 4. The molecule has 1 unspecified atom stereocenters. The van der Waals surface area contributed by atoms with Gasteiger partial charge in [0.25, 0.3) is 0 Å². The molecule has 4 heterocycles. The largest absolute Gasteiger partial charge is 0.416 e. The van der Waals surface area contributed by atoms with Crippen LogP contribution in [0.25, 0.3) is 0 Å². The third-order valence-electron chi connectivity index (χ3n) is 11.2. The van der Waals surface area contributed by atoms with Gasteiger partial charge in [-0.2, -0.15) is 13.2 Å². The van der Waals surface area contributed by atoms with Gasteiger partial charge in [0.1, 0.15) is 6.04 Å². The minimum atomic E-state index is -4.51. The molecule has 49 heavy (non-hydrogen) atoms. The first-order chi connectivity index (χ1) is 23.5. The van der Waals surface area contributed by atoms with E-state index in [2.05, 4.69) is 29.4 Å². The zero-order valence-corrected chi connectivity index (χ0v) is 28.6. The molecule has 6 rings (SSSR count). The van der Waals surface area contributed by atoms with Crippen molar-refractivity contribution in [2.75, 3.05) is 44.6 Å². The second kappa shape index (κ2) is 15.0. The predicted molar refractivity (Wildman–Crippen MR) is 182 cm³/mol. The number of anilines is 1. The molecule has 0 bridgehead atoms. The lowest BCUT2D eigenvalue weighted by Gasteiger charge is -2.42. The molecule has 0 spiro atoms. The highest BCUT2D eigenvalue weighted by molar-refractivity contribution is 5.92. The number of likely N-dealkylation sites (tertiary alicyclic amines) is 3. The van der Waals surface area contributed by atoms with Crippen LogP contribution in [0.1, 0.15) is 69.1 Å². The molecule has 0 aliphatic carbocycles. The fraction of sp³-hybridized carbons (Fsp3) is 0.595. The van der Waals surface area contributed by atoms with Crippen LogP contribution in [0.15, 0.2) is 48.5 Å². The predicted octanol–water partition coefficient (Wildman–Crippen LogP) is 6.20. The summed E-state index contributed by atoms with van der Waals surface area (Å²) in [7, 11) is 0. The Morgan fingerprint density at radius 2 is 1.49 bits per heavy atom. The van der Waals surface area contributed by atoms with Crippen LogP contribution in [0.2, 0.25) is 0 Å². The molecule has 2 aromatic carbocycles. The van der Waals surface area contributed by atoms with Gasteiger partial charge in [-0.15, -0.1) is 0 Å². The zero-order chi connectivity index (χ0) is 34.7. The fourth-order valence-corrected chi connectivity index (χ4v) is 8.17. The molecule has 0 saturated carbocycles. The third-order valence-corrected chi connectivity index (χ3v) is 11.2. The average Bonchev–Trinajstić information content (AvgIpc) is 3.10. The van der Waals surface area contributed by atoms with Gasteiger partial charge in [0, 0.05) is 56.9 Å². The molecule has 0 radical (unpaired) electrons. The lowest BCUT2D eigenvalue weighted by molar-refractivity contribution is -0.137. The van der Waals surface area contributed by atoms with E-state index in [9.17, 15) is 27.6 Å². The molecular formula is C37H49F3N6O3. The molecule has 266 valence electrons. The van der Waals surface area contributed by atoms with Crippen LogP contribution in [0.3, 0.4) is 0 Å². The number of hydrogen-bond acceptors (Lipinski definition) is 4. The van der Waals surface area contributed by atoms with Crippen molar-refractivity contribution in [1.29, 1.82) is 0 Å². The molecule has 4 aliphatic rings. The van der Waals surface area contributed by atoms with Crippen LogP contribution in [0.5, 0.6) is 0 Å². The van der Waals surface area contributed by atoms with Gasteiger partial charge in [-0.05, 0) is 101 Å². The van der Waals surface area contributed by atoms with Crippen LogP contribution in [0, 0.1) is 11.8 Å². The standard InChI is InChI=1S/C37H49F3N6O3/c1-25(2)43-16-10-27(11-17-43)28-12-18-44(19-13-28)34(47)33(23-26-6-5-8-30(22-26)37(38,39)40)42-35(48)45-20-14-31(15-21-45)46-24-29-7-3-4-9-32(29)41-36(46)49/h3-9,22,25,27-28,31,33H,10-21,23-24H2,1-2H3,(H,41,49)(H,42,48). The molecule has 0 aromatic heterocycles. The van der Waals surface area contributed by atoms with Gasteiger partial charge in [0.2, 0.25) is 5.91 Å². The summed E-state index contributed by atoms with van der Waals surface area (Å²) in [6, 6.07) is 11.6. The van der Waals surface area contributed by atoms with Gasteiger partial charge in [-0.25, -0.2) is 9.59 Å². The van der Waals surface area contributed by atoms with E-state index in [1.54, 1.807) is 15.9 Å². The first kappa shape index (κ1) is 35.0. The highest BCUT2D eigenvalue weighted by Crippen LogP contribution is 2.34. The smallest absolute Gasteiger partial charge is 0.341 e. The SMILES string of the molecule is CC(C)N1CCC(C2CCN(C(=O)C(Cc3cccc(C(F)(F)F)c3)NC(=O)N3CCC(N4Cc5ccccc5NC4=O)CC3)CC2)CC1. The summed E-state index contributed by atoms with van der Waals surface area (Å²) < 4.78 is 40.6. The number of benzene rings is 2. The van der Waals surface area contributed by atoms with E-state index < -0.39 is 23.8 Å². The Bertz CT molecular complexity index is 1480. The molecular weight excluding hydrogens is 633 g/mol. The van der Waals surface area contributed by atoms with Crippen LogP contribution in [-0.2, 0) is 23.9 Å². The lowest BCUT2D eigenvalue weighted by atomic mass is 9.78. The maximum atomic E-state index is 14.0. The zero-order valence-electron chi connectivity index (χ0n) is 28.6. The van der Waals surface area contributed by atoms with E-state index in [1.165, 1.54) is 6.07 Å². The summed E-state index contributed by atoms with van der Waals surface area (Å²) in [5.41, 5.74) is 1.42. The van der Waals surface area contributed by atoms with E-state index in [0.29, 0.717) is 69.0 Å². The second-order valence-corrected chi connectivity index (χ2v) is 14.5. The molecule has 3 fully saturated rings. The number of para-hydroxylation sites is 1. The van der Waals surface area contributed by atoms with E-state index in [0.717, 1.165) is 62.2 Å².